The number of nitrogens with one attached hydrogen (secondary N) is 1. The molecule has 0 bridgehead atoms. The van der Waals surface area contributed by atoms with E-state index in [0.717, 1.165) is 12.2 Å². The molecule has 0 spiro atoms. The molecule has 84 valence electrons. The monoisotopic (exact) mass is 216 g/mol. The maximum atomic E-state index is 4.12. The molecular weight excluding hydrogens is 200 g/mol. The van der Waals surface area contributed by atoms with E-state index in [-0.39, 0.29) is 0 Å². The van der Waals surface area contributed by atoms with Gasteiger partial charge in [0.05, 0.1) is 5.69 Å². The van der Waals surface area contributed by atoms with E-state index < -0.39 is 0 Å². The molecule has 0 aliphatic rings. The molecule has 4 heteroatoms. The second-order valence-corrected chi connectivity index (χ2v) is 3.71. The van der Waals surface area contributed by atoms with Crippen molar-refractivity contribution in [2.24, 2.45) is 0 Å². The molecule has 0 fully saturated rings. The molecule has 0 aliphatic carbocycles. The van der Waals surface area contributed by atoms with Crippen LogP contribution < -0.4 is 5.32 Å². The summed E-state index contributed by atoms with van der Waals surface area (Å²) < 4.78 is 1.77. The molecule has 0 radical (unpaired) electrons. The van der Waals surface area contributed by atoms with Crippen molar-refractivity contribution in [2.75, 3.05) is 6.54 Å². The maximum Gasteiger partial charge on any atom is 0.138 e. The van der Waals surface area contributed by atoms with Crippen molar-refractivity contribution in [1.29, 1.82) is 0 Å². The SMILES string of the molecule is CCNC(C)c1cccc(-n2cncn2)c1. The molecule has 0 aliphatic heterocycles. The van der Waals surface area contributed by atoms with Crippen LogP contribution >= 0.6 is 0 Å². The van der Waals surface area contributed by atoms with E-state index in [0.29, 0.717) is 6.04 Å². The third-order valence-corrected chi connectivity index (χ3v) is 2.56. The van der Waals surface area contributed by atoms with Gasteiger partial charge in [0.25, 0.3) is 0 Å². The van der Waals surface area contributed by atoms with Crippen LogP contribution in [0.3, 0.4) is 0 Å². The van der Waals surface area contributed by atoms with Crippen LogP contribution in [0.4, 0.5) is 0 Å². The van der Waals surface area contributed by atoms with E-state index in [1.165, 1.54) is 5.56 Å². The number of aromatic nitrogens is 3. The zero-order valence-electron chi connectivity index (χ0n) is 9.59. The van der Waals surface area contributed by atoms with Gasteiger partial charge in [0.15, 0.2) is 0 Å². The molecule has 1 atom stereocenters. The Labute approximate surface area is 95.3 Å². The Kier molecular flexibility index (Phi) is 3.31. The first-order valence-electron chi connectivity index (χ1n) is 5.49. The Morgan fingerprint density at radius 2 is 2.31 bits per heavy atom. The average molecular weight is 216 g/mol. The lowest BCUT2D eigenvalue weighted by molar-refractivity contribution is 0.597. The number of benzene rings is 1. The van der Waals surface area contributed by atoms with Gasteiger partial charge in [-0.2, -0.15) is 5.10 Å². The summed E-state index contributed by atoms with van der Waals surface area (Å²) in [5, 5.41) is 7.51. The van der Waals surface area contributed by atoms with E-state index in [1.54, 1.807) is 17.3 Å². The summed E-state index contributed by atoms with van der Waals surface area (Å²) in [5.74, 6) is 0. The summed E-state index contributed by atoms with van der Waals surface area (Å²) in [6, 6.07) is 8.67. The van der Waals surface area contributed by atoms with Crippen LogP contribution in [0.15, 0.2) is 36.9 Å². The van der Waals surface area contributed by atoms with Gasteiger partial charge >= 0.3 is 0 Å². The van der Waals surface area contributed by atoms with Gasteiger partial charge in [0.1, 0.15) is 12.7 Å². The molecule has 0 saturated heterocycles. The van der Waals surface area contributed by atoms with Crippen molar-refractivity contribution >= 4 is 0 Å². The number of hydrogen-bond acceptors (Lipinski definition) is 3. The van der Waals surface area contributed by atoms with Gasteiger partial charge in [-0.05, 0) is 31.2 Å². The molecule has 16 heavy (non-hydrogen) atoms. The Hall–Kier alpha value is -1.68. The second-order valence-electron chi connectivity index (χ2n) is 3.71. The number of nitrogens with zero attached hydrogens (tertiary/aromatic N) is 3. The van der Waals surface area contributed by atoms with Crippen molar-refractivity contribution < 1.29 is 0 Å². The van der Waals surface area contributed by atoms with Crippen LogP contribution in [0.1, 0.15) is 25.5 Å². The van der Waals surface area contributed by atoms with Gasteiger partial charge in [-0.15, -0.1) is 0 Å². The average Bonchev–Trinajstić information content (AvgIpc) is 2.83. The zero-order chi connectivity index (χ0) is 11.4. The van der Waals surface area contributed by atoms with E-state index in [4.69, 9.17) is 0 Å². The van der Waals surface area contributed by atoms with E-state index in [1.807, 2.05) is 12.1 Å². The first-order valence-corrected chi connectivity index (χ1v) is 5.49. The van der Waals surface area contributed by atoms with Gasteiger partial charge in [-0.25, -0.2) is 9.67 Å². The van der Waals surface area contributed by atoms with E-state index in [9.17, 15) is 0 Å². The Bertz CT molecular complexity index is 436. The first-order chi connectivity index (χ1) is 7.81. The van der Waals surface area contributed by atoms with Gasteiger partial charge in [0, 0.05) is 6.04 Å². The molecule has 4 nitrogen and oxygen atoms in total. The maximum absolute atomic E-state index is 4.12. The molecule has 1 aromatic heterocycles. The van der Waals surface area contributed by atoms with Gasteiger partial charge in [-0.3, -0.25) is 0 Å². The summed E-state index contributed by atoms with van der Waals surface area (Å²) in [6.45, 7) is 5.23. The van der Waals surface area contributed by atoms with Gasteiger partial charge in [-0.1, -0.05) is 19.1 Å². The summed E-state index contributed by atoms with van der Waals surface area (Å²) in [7, 11) is 0. The highest BCUT2D eigenvalue weighted by Crippen LogP contribution is 2.15. The minimum Gasteiger partial charge on any atom is -0.310 e. The summed E-state index contributed by atoms with van der Waals surface area (Å²) in [6.07, 6.45) is 3.25. The topological polar surface area (TPSA) is 42.7 Å². The highest BCUT2D eigenvalue weighted by molar-refractivity contribution is 5.35. The van der Waals surface area contributed by atoms with Gasteiger partial charge in [0.2, 0.25) is 0 Å². The van der Waals surface area contributed by atoms with Crippen LogP contribution in [-0.2, 0) is 0 Å². The lowest BCUT2D eigenvalue weighted by atomic mass is 10.1. The summed E-state index contributed by atoms with van der Waals surface area (Å²) in [5.41, 5.74) is 2.30. The smallest absolute Gasteiger partial charge is 0.138 e. The third-order valence-electron chi connectivity index (χ3n) is 2.56. The summed E-state index contributed by atoms with van der Waals surface area (Å²) >= 11 is 0. The number of hydrogen-bond donors (Lipinski definition) is 1. The highest BCUT2D eigenvalue weighted by atomic mass is 15.3. The minimum absolute atomic E-state index is 0.355. The molecule has 1 aromatic carbocycles. The molecular formula is C12H16N4. The fourth-order valence-corrected chi connectivity index (χ4v) is 1.70. The fraction of sp³-hybridized carbons (Fsp3) is 0.333. The Balaban J connectivity index is 2.26. The van der Waals surface area contributed by atoms with Crippen LogP contribution in [0.2, 0.25) is 0 Å². The van der Waals surface area contributed by atoms with Crippen molar-refractivity contribution in [3.8, 4) is 5.69 Å². The van der Waals surface area contributed by atoms with Crippen LogP contribution in [0.25, 0.3) is 5.69 Å². The third kappa shape index (κ3) is 2.28. The van der Waals surface area contributed by atoms with E-state index >= 15 is 0 Å². The molecule has 1 unspecified atom stereocenters. The van der Waals surface area contributed by atoms with Crippen molar-refractivity contribution in [3.63, 3.8) is 0 Å². The predicted molar refractivity (Wildman–Crippen MR) is 63.5 cm³/mol. The quantitative estimate of drug-likeness (QED) is 0.849. The van der Waals surface area contributed by atoms with Crippen molar-refractivity contribution in [3.05, 3.63) is 42.5 Å². The highest BCUT2D eigenvalue weighted by Gasteiger charge is 2.05. The molecule has 0 saturated carbocycles. The largest absolute Gasteiger partial charge is 0.310 e. The Morgan fingerprint density at radius 3 is 3.00 bits per heavy atom. The number of rotatable bonds is 4. The predicted octanol–water partition coefficient (Wildman–Crippen LogP) is 1.94. The standard InChI is InChI=1S/C12H16N4/c1-3-14-10(2)11-5-4-6-12(7-11)16-9-13-8-15-16/h4-10,14H,3H2,1-2H3. The first kappa shape index (κ1) is 10.8. The lowest BCUT2D eigenvalue weighted by Gasteiger charge is -2.13. The van der Waals surface area contributed by atoms with Crippen molar-refractivity contribution in [1.82, 2.24) is 20.1 Å². The Morgan fingerprint density at radius 1 is 1.44 bits per heavy atom. The minimum atomic E-state index is 0.355. The molecule has 1 heterocycles. The van der Waals surface area contributed by atoms with Crippen LogP contribution in [-0.4, -0.2) is 21.3 Å². The lowest BCUT2D eigenvalue weighted by Crippen LogP contribution is -2.17. The second kappa shape index (κ2) is 4.90. The van der Waals surface area contributed by atoms with Crippen LogP contribution in [0.5, 0.6) is 0 Å². The van der Waals surface area contributed by atoms with Crippen LogP contribution in [0, 0.1) is 0 Å². The molecule has 1 N–H and O–H groups in total. The van der Waals surface area contributed by atoms with Gasteiger partial charge < -0.3 is 5.32 Å². The molecule has 2 rings (SSSR count). The normalized spacial score (nSPS) is 12.6. The van der Waals surface area contributed by atoms with E-state index in [2.05, 4.69) is 41.4 Å². The molecule has 0 amide bonds. The summed E-state index contributed by atoms with van der Waals surface area (Å²) in [4.78, 5) is 3.95. The van der Waals surface area contributed by atoms with Crippen molar-refractivity contribution in [2.45, 2.75) is 19.9 Å². The fourth-order valence-electron chi connectivity index (χ4n) is 1.70. The molecule has 2 aromatic rings. The zero-order valence-corrected chi connectivity index (χ0v) is 9.59.